The van der Waals surface area contributed by atoms with Gasteiger partial charge in [-0.2, -0.15) is 5.26 Å². The summed E-state index contributed by atoms with van der Waals surface area (Å²) in [5.41, 5.74) is 5.75. The lowest BCUT2D eigenvalue weighted by Gasteiger charge is -2.47. The standard InChI is InChI=1S/C23H31FN4O2/c1-13-8-23(9-14(2)19(13)29)10-16-6-5-15(11-25)7-17(16)18(23)20(30)28(21(26)27)12-22(3,4)24/h5-7,13-14,18-19,29H,8-10,12H2,1-4H3,(H3,26,27). The first-order valence-corrected chi connectivity index (χ1v) is 10.4. The molecule has 0 heterocycles. The highest BCUT2D eigenvalue weighted by molar-refractivity contribution is 5.99. The van der Waals surface area contributed by atoms with Crippen LogP contribution in [0.4, 0.5) is 4.39 Å². The minimum Gasteiger partial charge on any atom is -0.393 e. The minimum absolute atomic E-state index is 0.00260. The summed E-state index contributed by atoms with van der Waals surface area (Å²) in [6.07, 6.45) is 1.47. The second kappa shape index (κ2) is 7.66. The zero-order valence-electron chi connectivity index (χ0n) is 18.1. The van der Waals surface area contributed by atoms with E-state index in [4.69, 9.17) is 11.1 Å². The Hall–Kier alpha value is -2.46. The van der Waals surface area contributed by atoms with E-state index in [-0.39, 0.29) is 18.4 Å². The summed E-state index contributed by atoms with van der Waals surface area (Å²) in [6, 6.07) is 7.51. The molecule has 30 heavy (non-hydrogen) atoms. The number of halogens is 1. The van der Waals surface area contributed by atoms with Gasteiger partial charge in [0.25, 0.3) is 0 Å². The molecule has 2 aliphatic rings. The van der Waals surface area contributed by atoms with Gasteiger partial charge in [-0.3, -0.25) is 15.1 Å². The molecule has 1 amide bonds. The van der Waals surface area contributed by atoms with Crippen molar-refractivity contribution in [2.45, 2.75) is 64.6 Å². The van der Waals surface area contributed by atoms with Gasteiger partial charge in [-0.15, -0.1) is 0 Å². The fraction of sp³-hybridized carbons (Fsp3) is 0.609. The van der Waals surface area contributed by atoms with Crippen molar-refractivity contribution in [3.63, 3.8) is 0 Å². The number of carbonyl (C=O) groups is 1. The van der Waals surface area contributed by atoms with Gasteiger partial charge in [-0.1, -0.05) is 19.9 Å². The largest absolute Gasteiger partial charge is 0.393 e. The molecule has 0 radical (unpaired) electrons. The monoisotopic (exact) mass is 414 g/mol. The van der Waals surface area contributed by atoms with Gasteiger partial charge in [0.2, 0.25) is 5.91 Å². The maximum absolute atomic E-state index is 14.4. The topological polar surface area (TPSA) is 114 Å². The van der Waals surface area contributed by atoms with E-state index >= 15 is 0 Å². The predicted molar refractivity (Wildman–Crippen MR) is 112 cm³/mol. The zero-order chi connectivity index (χ0) is 22.4. The van der Waals surface area contributed by atoms with E-state index in [0.717, 1.165) is 16.0 Å². The molecule has 0 aliphatic heterocycles. The first-order chi connectivity index (χ1) is 13.9. The average Bonchev–Trinajstić information content (AvgIpc) is 2.94. The first-order valence-electron chi connectivity index (χ1n) is 10.4. The van der Waals surface area contributed by atoms with Crippen LogP contribution in [0.25, 0.3) is 0 Å². The number of benzene rings is 1. The summed E-state index contributed by atoms with van der Waals surface area (Å²) >= 11 is 0. The molecule has 7 heteroatoms. The lowest BCUT2D eigenvalue weighted by Crippen LogP contribution is -2.53. The molecule has 1 spiro atoms. The minimum atomic E-state index is -1.71. The van der Waals surface area contributed by atoms with Crippen molar-refractivity contribution >= 4 is 11.9 Å². The van der Waals surface area contributed by atoms with Crippen LogP contribution in [0, 0.1) is 34.0 Å². The van der Waals surface area contributed by atoms with Crippen LogP contribution in [0.5, 0.6) is 0 Å². The predicted octanol–water partition coefficient (Wildman–Crippen LogP) is 3.08. The molecule has 3 atom stereocenters. The van der Waals surface area contributed by atoms with Crippen molar-refractivity contribution in [1.82, 2.24) is 4.90 Å². The van der Waals surface area contributed by atoms with Gasteiger partial charge in [-0.25, -0.2) is 4.39 Å². The fourth-order valence-corrected chi connectivity index (χ4v) is 5.66. The quantitative estimate of drug-likeness (QED) is 0.521. The number of guanidine groups is 1. The number of fused-ring (bicyclic) bond motifs is 1. The van der Waals surface area contributed by atoms with Gasteiger partial charge in [0, 0.05) is 0 Å². The van der Waals surface area contributed by atoms with Gasteiger partial charge < -0.3 is 10.8 Å². The molecule has 4 N–H and O–H groups in total. The Morgan fingerprint density at radius 1 is 1.40 bits per heavy atom. The van der Waals surface area contributed by atoms with Gasteiger partial charge >= 0.3 is 0 Å². The molecule has 162 valence electrons. The molecule has 1 fully saturated rings. The fourth-order valence-electron chi connectivity index (χ4n) is 5.66. The van der Waals surface area contributed by atoms with E-state index in [9.17, 15) is 19.6 Å². The van der Waals surface area contributed by atoms with Crippen LogP contribution in [0.1, 0.15) is 63.1 Å². The summed E-state index contributed by atoms with van der Waals surface area (Å²) in [6.45, 7) is 6.36. The number of hydrogen-bond donors (Lipinski definition) is 3. The summed E-state index contributed by atoms with van der Waals surface area (Å²) in [4.78, 5) is 14.8. The Morgan fingerprint density at radius 2 is 2.00 bits per heavy atom. The first kappa shape index (κ1) is 22.2. The summed E-state index contributed by atoms with van der Waals surface area (Å²) in [5, 5.41) is 27.8. The Kier molecular flexibility index (Phi) is 5.68. The third-order valence-electron chi connectivity index (χ3n) is 6.70. The van der Waals surface area contributed by atoms with Crippen molar-refractivity contribution in [2.24, 2.45) is 23.0 Å². The molecule has 6 nitrogen and oxygen atoms in total. The van der Waals surface area contributed by atoms with Gasteiger partial charge in [0.15, 0.2) is 5.96 Å². The summed E-state index contributed by atoms with van der Waals surface area (Å²) < 4.78 is 14.4. The number of aliphatic hydroxyl groups is 1. The van der Waals surface area contributed by atoms with Crippen molar-refractivity contribution in [1.29, 1.82) is 10.7 Å². The third-order valence-corrected chi connectivity index (χ3v) is 6.70. The molecular weight excluding hydrogens is 383 g/mol. The highest BCUT2D eigenvalue weighted by Crippen LogP contribution is 2.58. The Bertz CT molecular complexity index is 889. The molecule has 1 aromatic rings. The number of hydrogen-bond acceptors (Lipinski definition) is 4. The molecule has 1 saturated carbocycles. The third kappa shape index (κ3) is 3.93. The number of amides is 1. The SMILES string of the molecule is CC1CC2(Cc3ccc(C#N)cc3C2C(=O)N(CC(C)(C)F)C(=N)N)CC(C)C1O. The highest BCUT2D eigenvalue weighted by Gasteiger charge is 2.55. The van der Waals surface area contributed by atoms with Crippen molar-refractivity contribution in [3.05, 3.63) is 34.9 Å². The smallest absolute Gasteiger partial charge is 0.237 e. The second-order valence-corrected chi connectivity index (χ2v) is 9.88. The normalized spacial score (nSPS) is 30.6. The summed E-state index contributed by atoms with van der Waals surface area (Å²) in [5.74, 6) is -1.53. The van der Waals surface area contributed by atoms with Crippen molar-refractivity contribution in [2.75, 3.05) is 6.54 Å². The lowest BCUT2D eigenvalue weighted by atomic mass is 9.59. The van der Waals surface area contributed by atoms with Crippen LogP contribution < -0.4 is 5.73 Å². The van der Waals surface area contributed by atoms with Crippen LogP contribution in [0.2, 0.25) is 0 Å². The Balaban J connectivity index is 2.12. The van der Waals surface area contributed by atoms with Crippen LogP contribution in [0.3, 0.4) is 0 Å². The van der Waals surface area contributed by atoms with Crippen LogP contribution in [-0.4, -0.2) is 40.2 Å². The van der Waals surface area contributed by atoms with E-state index in [1.807, 2.05) is 19.9 Å². The molecule has 0 bridgehead atoms. The lowest BCUT2D eigenvalue weighted by molar-refractivity contribution is -0.136. The average molecular weight is 415 g/mol. The van der Waals surface area contributed by atoms with E-state index < -0.39 is 35.0 Å². The second-order valence-electron chi connectivity index (χ2n) is 9.88. The number of nitrogens with zero attached hydrogens (tertiary/aromatic N) is 2. The van der Waals surface area contributed by atoms with Crippen molar-refractivity contribution < 1.29 is 14.3 Å². The van der Waals surface area contributed by atoms with Crippen LogP contribution in [-0.2, 0) is 11.2 Å². The van der Waals surface area contributed by atoms with Crippen molar-refractivity contribution in [3.8, 4) is 6.07 Å². The molecule has 3 rings (SSSR count). The number of nitrogens with two attached hydrogens (primary N) is 1. The van der Waals surface area contributed by atoms with Crippen LogP contribution >= 0.6 is 0 Å². The van der Waals surface area contributed by atoms with Gasteiger partial charge in [0.05, 0.1) is 30.2 Å². The molecule has 3 unspecified atom stereocenters. The molecule has 2 aliphatic carbocycles. The molecular formula is C23H31FN4O2. The number of rotatable bonds is 3. The Labute approximate surface area is 177 Å². The van der Waals surface area contributed by atoms with E-state index in [1.165, 1.54) is 13.8 Å². The van der Waals surface area contributed by atoms with Gasteiger partial charge in [-0.05, 0) is 73.6 Å². The summed E-state index contributed by atoms with van der Waals surface area (Å²) in [7, 11) is 0. The maximum Gasteiger partial charge on any atom is 0.237 e. The highest BCUT2D eigenvalue weighted by atomic mass is 19.1. The van der Waals surface area contributed by atoms with E-state index in [1.54, 1.807) is 12.1 Å². The zero-order valence-corrected chi connectivity index (χ0v) is 18.1. The number of nitriles is 1. The Morgan fingerprint density at radius 3 is 2.50 bits per heavy atom. The van der Waals surface area contributed by atoms with E-state index in [2.05, 4.69) is 6.07 Å². The molecule has 0 saturated heterocycles. The number of nitrogens with one attached hydrogen (secondary N) is 1. The molecule has 0 aromatic heterocycles. The maximum atomic E-state index is 14.4. The van der Waals surface area contributed by atoms with E-state index in [0.29, 0.717) is 24.8 Å². The number of aliphatic hydroxyl groups excluding tert-OH is 1. The van der Waals surface area contributed by atoms with Gasteiger partial charge in [0.1, 0.15) is 5.67 Å². The number of carbonyl (C=O) groups excluding carboxylic acids is 1. The molecule has 1 aromatic carbocycles. The number of alkyl halides is 1. The van der Waals surface area contributed by atoms with Crippen LogP contribution in [0.15, 0.2) is 18.2 Å².